The lowest BCUT2D eigenvalue weighted by atomic mass is 9.99. The average Bonchev–Trinajstić information content (AvgIpc) is 3.30. The SMILES string of the molecule is Cc1ccc(Oc2ccc3c(c2)C(=O)N(c2ccc(C(=O)O[C@H](C(=O)c4ccccc4)c4ccc(Cl)cc4)cc2)C3=O)cc1C. The molecular weight excluding hydrogens is 590 g/mol. The lowest BCUT2D eigenvalue weighted by Gasteiger charge is -2.18. The molecular formula is C37H26ClNO6. The zero-order chi connectivity index (χ0) is 31.7. The van der Waals surface area contributed by atoms with Crippen molar-refractivity contribution in [3.05, 3.63) is 159 Å². The molecule has 0 fully saturated rings. The Morgan fingerprint density at radius 1 is 0.667 bits per heavy atom. The number of hydrogen-bond acceptors (Lipinski definition) is 6. The van der Waals surface area contributed by atoms with E-state index in [0.29, 0.717) is 27.6 Å². The van der Waals surface area contributed by atoms with Crippen LogP contribution in [0.25, 0.3) is 0 Å². The van der Waals surface area contributed by atoms with Gasteiger partial charge < -0.3 is 9.47 Å². The highest BCUT2D eigenvalue weighted by molar-refractivity contribution is 6.34. The molecule has 6 rings (SSSR count). The largest absolute Gasteiger partial charge is 0.457 e. The van der Waals surface area contributed by atoms with Gasteiger partial charge in [-0.3, -0.25) is 14.4 Å². The highest BCUT2D eigenvalue weighted by Gasteiger charge is 2.37. The second-order valence-corrected chi connectivity index (χ2v) is 11.1. The summed E-state index contributed by atoms with van der Waals surface area (Å²) in [5, 5.41) is 0.477. The molecule has 45 heavy (non-hydrogen) atoms. The fraction of sp³-hybridized carbons (Fsp3) is 0.0811. The van der Waals surface area contributed by atoms with Crippen molar-refractivity contribution in [2.45, 2.75) is 20.0 Å². The molecule has 7 nitrogen and oxygen atoms in total. The third kappa shape index (κ3) is 5.98. The lowest BCUT2D eigenvalue weighted by molar-refractivity contribution is 0.0280. The molecule has 0 aromatic heterocycles. The fourth-order valence-electron chi connectivity index (χ4n) is 5.02. The van der Waals surface area contributed by atoms with Crippen LogP contribution in [0.5, 0.6) is 11.5 Å². The summed E-state index contributed by atoms with van der Waals surface area (Å²) in [6, 6.07) is 31.4. The predicted octanol–water partition coefficient (Wildman–Crippen LogP) is 8.33. The van der Waals surface area contributed by atoms with Crippen molar-refractivity contribution in [1.29, 1.82) is 0 Å². The van der Waals surface area contributed by atoms with E-state index in [1.165, 1.54) is 24.3 Å². The Morgan fingerprint density at radius 2 is 1.31 bits per heavy atom. The number of halogens is 1. The maximum absolute atomic E-state index is 13.4. The van der Waals surface area contributed by atoms with Crippen molar-refractivity contribution < 1.29 is 28.7 Å². The van der Waals surface area contributed by atoms with Crippen molar-refractivity contribution in [2.75, 3.05) is 4.90 Å². The Bertz CT molecular complexity index is 1950. The second kappa shape index (κ2) is 12.2. The van der Waals surface area contributed by atoms with Crippen LogP contribution in [0, 0.1) is 13.8 Å². The number of carbonyl (C=O) groups excluding carboxylic acids is 4. The van der Waals surface area contributed by atoms with Gasteiger partial charge in [0.1, 0.15) is 11.5 Å². The van der Waals surface area contributed by atoms with Gasteiger partial charge in [-0.25, -0.2) is 9.69 Å². The maximum atomic E-state index is 13.4. The van der Waals surface area contributed by atoms with Crippen molar-refractivity contribution in [3.63, 3.8) is 0 Å². The van der Waals surface area contributed by atoms with Crippen molar-refractivity contribution >= 4 is 40.9 Å². The topological polar surface area (TPSA) is 90.0 Å². The normalized spacial score (nSPS) is 12.9. The molecule has 5 aromatic carbocycles. The molecule has 5 aromatic rings. The van der Waals surface area contributed by atoms with Crippen LogP contribution in [0.1, 0.15) is 64.2 Å². The summed E-state index contributed by atoms with van der Waals surface area (Å²) in [6.07, 6.45) is -1.21. The van der Waals surface area contributed by atoms with Gasteiger partial charge >= 0.3 is 5.97 Å². The van der Waals surface area contributed by atoms with E-state index in [-0.39, 0.29) is 22.4 Å². The summed E-state index contributed by atoms with van der Waals surface area (Å²) in [4.78, 5) is 54.3. The Labute approximate surface area is 264 Å². The molecule has 0 unspecified atom stereocenters. The Morgan fingerprint density at radius 3 is 2.00 bits per heavy atom. The van der Waals surface area contributed by atoms with E-state index in [4.69, 9.17) is 21.1 Å². The number of ketones is 1. The molecule has 0 radical (unpaired) electrons. The van der Waals surface area contributed by atoms with Crippen LogP contribution in [0.3, 0.4) is 0 Å². The van der Waals surface area contributed by atoms with Crippen LogP contribution < -0.4 is 9.64 Å². The number of carbonyl (C=O) groups is 4. The van der Waals surface area contributed by atoms with Crippen molar-refractivity contribution in [3.8, 4) is 11.5 Å². The minimum atomic E-state index is -1.21. The zero-order valence-corrected chi connectivity index (χ0v) is 25.1. The van der Waals surface area contributed by atoms with Gasteiger partial charge in [0.25, 0.3) is 11.8 Å². The quantitative estimate of drug-likeness (QED) is 0.0990. The summed E-state index contributed by atoms with van der Waals surface area (Å²) in [6.45, 7) is 3.99. The minimum absolute atomic E-state index is 0.138. The van der Waals surface area contributed by atoms with Crippen molar-refractivity contribution in [1.82, 2.24) is 0 Å². The summed E-state index contributed by atoms with van der Waals surface area (Å²) in [5.41, 5.74) is 3.94. The number of anilines is 1. The number of amides is 2. The number of Topliss-reactive ketones (excluding diaryl/α,β-unsaturated/α-hetero) is 1. The number of imide groups is 1. The van der Waals surface area contributed by atoms with Gasteiger partial charge in [-0.15, -0.1) is 0 Å². The van der Waals surface area contributed by atoms with Gasteiger partial charge in [-0.05, 0) is 91.7 Å². The van der Waals surface area contributed by atoms with E-state index in [1.807, 2.05) is 32.0 Å². The molecule has 0 N–H and O–H groups in total. The first-order valence-corrected chi connectivity index (χ1v) is 14.5. The molecule has 1 atom stereocenters. The van der Waals surface area contributed by atoms with E-state index in [1.54, 1.807) is 72.8 Å². The van der Waals surface area contributed by atoms with Crippen LogP contribution in [-0.4, -0.2) is 23.6 Å². The molecule has 0 saturated heterocycles. The smallest absolute Gasteiger partial charge is 0.339 e. The number of nitrogens with zero attached hydrogens (tertiary/aromatic N) is 1. The average molecular weight is 616 g/mol. The standard InChI is InChI=1S/C37H26ClNO6/c1-22-8-17-29(20-23(22)2)44-30-18-19-31-32(21-30)36(42)39(35(31)41)28-15-11-26(12-16-28)37(43)45-34(25-9-13-27(38)14-10-25)33(40)24-6-4-3-5-7-24/h3-21,34H,1-2H3/t34-/m0/s1. The van der Waals surface area contributed by atoms with Gasteiger partial charge in [0, 0.05) is 16.1 Å². The number of ether oxygens (including phenoxy) is 2. The number of hydrogen-bond donors (Lipinski definition) is 0. The third-order valence-electron chi connectivity index (χ3n) is 7.63. The first-order chi connectivity index (χ1) is 21.7. The molecule has 8 heteroatoms. The summed E-state index contributed by atoms with van der Waals surface area (Å²) in [7, 11) is 0. The molecule has 0 aliphatic carbocycles. The number of fused-ring (bicyclic) bond motifs is 1. The molecule has 0 bridgehead atoms. The fourth-order valence-corrected chi connectivity index (χ4v) is 5.14. The number of benzene rings is 5. The molecule has 0 spiro atoms. The van der Waals surface area contributed by atoms with E-state index in [9.17, 15) is 19.2 Å². The van der Waals surface area contributed by atoms with E-state index in [0.717, 1.165) is 16.0 Å². The zero-order valence-electron chi connectivity index (χ0n) is 24.3. The number of rotatable bonds is 8. The van der Waals surface area contributed by atoms with E-state index < -0.39 is 29.7 Å². The molecule has 0 saturated carbocycles. The highest BCUT2D eigenvalue weighted by Crippen LogP contribution is 2.33. The summed E-state index contributed by atoms with van der Waals surface area (Å²) in [5.74, 6) is -1.08. The Kier molecular flexibility index (Phi) is 8.02. The summed E-state index contributed by atoms with van der Waals surface area (Å²) >= 11 is 6.03. The molecule has 222 valence electrons. The lowest BCUT2D eigenvalue weighted by Crippen LogP contribution is -2.29. The predicted molar refractivity (Wildman–Crippen MR) is 170 cm³/mol. The monoisotopic (exact) mass is 615 g/mol. The van der Waals surface area contributed by atoms with Gasteiger partial charge in [0.05, 0.1) is 22.4 Å². The van der Waals surface area contributed by atoms with Gasteiger partial charge in [0.15, 0.2) is 6.10 Å². The van der Waals surface area contributed by atoms with E-state index >= 15 is 0 Å². The van der Waals surface area contributed by atoms with Crippen molar-refractivity contribution in [2.24, 2.45) is 0 Å². The summed E-state index contributed by atoms with van der Waals surface area (Å²) < 4.78 is 11.7. The Balaban J connectivity index is 1.20. The van der Waals surface area contributed by atoms with Crippen LogP contribution in [0.4, 0.5) is 5.69 Å². The highest BCUT2D eigenvalue weighted by atomic mass is 35.5. The van der Waals surface area contributed by atoms with Crippen LogP contribution in [-0.2, 0) is 4.74 Å². The maximum Gasteiger partial charge on any atom is 0.339 e. The first kappa shape index (κ1) is 29.5. The first-order valence-electron chi connectivity index (χ1n) is 14.1. The Hall–Kier alpha value is -5.53. The number of aryl methyl sites for hydroxylation is 2. The molecule has 2 amide bonds. The van der Waals surface area contributed by atoms with Gasteiger partial charge in [-0.1, -0.05) is 60.1 Å². The number of esters is 1. The van der Waals surface area contributed by atoms with Gasteiger partial charge in [-0.2, -0.15) is 0 Å². The molecule has 1 aliphatic heterocycles. The van der Waals surface area contributed by atoms with E-state index in [2.05, 4.69) is 0 Å². The minimum Gasteiger partial charge on any atom is -0.457 e. The van der Waals surface area contributed by atoms with Crippen LogP contribution in [0.15, 0.2) is 115 Å². The molecule has 1 aliphatic rings. The molecule has 1 heterocycles. The van der Waals surface area contributed by atoms with Crippen LogP contribution in [0.2, 0.25) is 5.02 Å². The third-order valence-corrected chi connectivity index (χ3v) is 7.88. The second-order valence-electron chi connectivity index (χ2n) is 10.6. The van der Waals surface area contributed by atoms with Gasteiger partial charge in [0.2, 0.25) is 5.78 Å². The van der Waals surface area contributed by atoms with Crippen LogP contribution >= 0.6 is 11.6 Å².